The first-order valence-corrected chi connectivity index (χ1v) is 6.54. The molecule has 0 saturated heterocycles. The lowest BCUT2D eigenvalue weighted by atomic mass is 10.2. The van der Waals surface area contributed by atoms with Crippen molar-refractivity contribution in [1.82, 2.24) is 9.97 Å². The van der Waals surface area contributed by atoms with Gasteiger partial charge in [0.05, 0.1) is 11.4 Å². The van der Waals surface area contributed by atoms with Gasteiger partial charge < -0.3 is 15.8 Å². The number of rotatable bonds is 5. The number of aryl methyl sites for hydroxylation is 2. The molecule has 0 radical (unpaired) electrons. The lowest BCUT2D eigenvalue weighted by Crippen LogP contribution is -2.12. The fraction of sp³-hybridized carbons (Fsp3) is 0.200. The average molecular weight is 306 g/mol. The Hall–Kier alpha value is -2.70. The second-order valence-electron chi connectivity index (χ2n) is 4.78. The van der Waals surface area contributed by atoms with Gasteiger partial charge in [-0.2, -0.15) is 0 Å². The Kier molecular flexibility index (Phi) is 4.88. The van der Waals surface area contributed by atoms with E-state index in [1.54, 1.807) is 19.3 Å². The number of aromatic nitrogens is 2. The zero-order chi connectivity index (χ0) is 16.1. The zero-order valence-electron chi connectivity index (χ0n) is 12.2. The maximum absolute atomic E-state index is 13.5. The molecular weight excluding hydrogens is 290 g/mol. The van der Waals surface area contributed by atoms with E-state index in [0.717, 1.165) is 11.6 Å². The van der Waals surface area contributed by atoms with Crippen LogP contribution in [0.3, 0.4) is 0 Å². The highest BCUT2D eigenvalue weighted by Gasteiger charge is 2.06. The van der Waals surface area contributed by atoms with E-state index >= 15 is 0 Å². The van der Waals surface area contributed by atoms with E-state index < -0.39 is 11.6 Å². The Bertz CT molecular complexity index is 687. The van der Waals surface area contributed by atoms with Crippen molar-refractivity contribution in [3.05, 3.63) is 59.2 Å². The summed E-state index contributed by atoms with van der Waals surface area (Å²) >= 11 is 0. The number of nitrogens with one attached hydrogen (secondary N) is 1. The van der Waals surface area contributed by atoms with Crippen molar-refractivity contribution >= 4 is 5.69 Å². The molecule has 22 heavy (non-hydrogen) atoms. The minimum Gasteiger partial charge on any atom is -0.457 e. The molecule has 3 N–H and O–H groups in total. The summed E-state index contributed by atoms with van der Waals surface area (Å²) in [5.74, 6) is -1.30. The van der Waals surface area contributed by atoms with E-state index in [1.807, 2.05) is 6.92 Å². The van der Waals surface area contributed by atoms with E-state index in [9.17, 15) is 8.78 Å². The van der Waals surface area contributed by atoms with Crippen LogP contribution in [0.2, 0.25) is 0 Å². The summed E-state index contributed by atoms with van der Waals surface area (Å²) in [5.41, 5.74) is 7.43. The molecule has 0 unspecified atom stereocenters. The third-order valence-corrected chi connectivity index (χ3v) is 2.79. The summed E-state index contributed by atoms with van der Waals surface area (Å²) in [4.78, 5) is 7.93. The van der Waals surface area contributed by atoms with E-state index in [2.05, 4.69) is 15.3 Å². The maximum atomic E-state index is 13.5. The van der Waals surface area contributed by atoms with Gasteiger partial charge in [0, 0.05) is 24.7 Å². The molecule has 1 heterocycles. The van der Waals surface area contributed by atoms with Gasteiger partial charge in [0.25, 0.3) is 0 Å². The van der Waals surface area contributed by atoms with Gasteiger partial charge in [-0.3, -0.25) is 0 Å². The van der Waals surface area contributed by atoms with Crippen LogP contribution in [0.1, 0.15) is 11.1 Å². The molecule has 2 rings (SSSR count). The summed E-state index contributed by atoms with van der Waals surface area (Å²) in [6.07, 6.45) is 4.62. The van der Waals surface area contributed by atoms with E-state index in [1.165, 1.54) is 12.3 Å². The number of hydrogen-bond donors (Lipinski definition) is 2. The molecule has 0 atom stereocenters. The number of halogens is 2. The summed E-state index contributed by atoms with van der Waals surface area (Å²) in [6, 6.07) is 2.38. The minimum absolute atomic E-state index is 0.0395. The first kappa shape index (κ1) is 15.7. The number of hydrogen-bond acceptors (Lipinski definition) is 5. The molecule has 0 aliphatic rings. The Morgan fingerprint density at radius 3 is 2.59 bits per heavy atom. The molecule has 0 aliphatic carbocycles. The fourth-order valence-electron chi connectivity index (χ4n) is 1.58. The van der Waals surface area contributed by atoms with Crippen molar-refractivity contribution < 1.29 is 13.5 Å². The lowest BCUT2D eigenvalue weighted by molar-refractivity contribution is 0.321. The Morgan fingerprint density at radius 1 is 1.23 bits per heavy atom. The predicted octanol–water partition coefficient (Wildman–Crippen LogP) is 2.66. The predicted molar refractivity (Wildman–Crippen MR) is 79.3 cm³/mol. The highest BCUT2D eigenvalue weighted by atomic mass is 19.1. The van der Waals surface area contributed by atoms with Gasteiger partial charge in [-0.15, -0.1) is 0 Å². The van der Waals surface area contributed by atoms with Crippen molar-refractivity contribution in [3.63, 3.8) is 0 Å². The van der Waals surface area contributed by atoms with Crippen LogP contribution in [-0.2, 0) is 0 Å². The first-order valence-electron chi connectivity index (χ1n) is 6.54. The standard InChI is InChI=1S/C15H16F2N4O/c1-9-5-20-15(21-6-9)22-8-11(18)7-19-14-3-10(2)12(16)4-13(14)17/h3-7,19H,8,18H2,1-2H3/b11-7-. The van der Waals surface area contributed by atoms with Crippen LogP contribution in [0, 0.1) is 25.5 Å². The lowest BCUT2D eigenvalue weighted by Gasteiger charge is -2.08. The van der Waals surface area contributed by atoms with Crippen molar-refractivity contribution in [1.29, 1.82) is 0 Å². The molecule has 116 valence electrons. The quantitative estimate of drug-likeness (QED) is 0.888. The molecule has 0 fully saturated rings. The summed E-state index contributed by atoms with van der Waals surface area (Å²) in [5, 5.41) is 2.68. The van der Waals surface area contributed by atoms with Crippen LogP contribution < -0.4 is 15.8 Å². The first-order chi connectivity index (χ1) is 10.5. The SMILES string of the molecule is Cc1cnc(OC/C(N)=C/Nc2cc(C)c(F)cc2F)nc1. The van der Waals surface area contributed by atoms with Crippen molar-refractivity contribution in [2.24, 2.45) is 5.73 Å². The average Bonchev–Trinajstić information content (AvgIpc) is 2.49. The second-order valence-corrected chi connectivity index (χ2v) is 4.78. The Balaban J connectivity index is 1.95. The Morgan fingerprint density at radius 2 is 1.91 bits per heavy atom. The summed E-state index contributed by atoms with van der Waals surface area (Å²) in [6.45, 7) is 3.45. The smallest absolute Gasteiger partial charge is 0.316 e. The van der Waals surface area contributed by atoms with Crippen LogP contribution in [0.5, 0.6) is 6.01 Å². The number of nitrogens with two attached hydrogens (primary N) is 1. The Labute approximate surface area is 126 Å². The fourth-order valence-corrected chi connectivity index (χ4v) is 1.58. The number of anilines is 1. The van der Waals surface area contributed by atoms with Crippen LogP contribution in [0.15, 0.2) is 36.4 Å². The van der Waals surface area contributed by atoms with E-state index in [4.69, 9.17) is 10.5 Å². The molecule has 1 aromatic carbocycles. The van der Waals surface area contributed by atoms with Gasteiger partial charge in [-0.1, -0.05) is 0 Å². The molecule has 0 amide bonds. The van der Waals surface area contributed by atoms with Gasteiger partial charge >= 0.3 is 6.01 Å². The molecule has 7 heteroatoms. The summed E-state index contributed by atoms with van der Waals surface area (Å²) < 4.78 is 32.0. The van der Waals surface area contributed by atoms with Crippen molar-refractivity contribution in [3.8, 4) is 6.01 Å². The molecular formula is C15H16F2N4O. The molecule has 5 nitrogen and oxygen atoms in total. The number of ether oxygens (including phenoxy) is 1. The largest absolute Gasteiger partial charge is 0.457 e. The molecule has 0 saturated carbocycles. The number of nitrogens with zero attached hydrogens (tertiary/aromatic N) is 2. The normalized spacial score (nSPS) is 11.4. The molecule has 1 aromatic heterocycles. The molecule has 0 spiro atoms. The topological polar surface area (TPSA) is 73.1 Å². The zero-order valence-corrected chi connectivity index (χ0v) is 12.2. The molecule has 0 aliphatic heterocycles. The van der Waals surface area contributed by atoms with Crippen LogP contribution in [-0.4, -0.2) is 16.6 Å². The third kappa shape index (κ3) is 4.15. The molecule has 2 aromatic rings. The van der Waals surface area contributed by atoms with Gasteiger partial charge in [0.15, 0.2) is 0 Å². The minimum atomic E-state index is -0.699. The van der Waals surface area contributed by atoms with Gasteiger partial charge in [0.2, 0.25) is 0 Å². The summed E-state index contributed by atoms with van der Waals surface area (Å²) in [7, 11) is 0. The van der Waals surface area contributed by atoms with E-state index in [0.29, 0.717) is 11.3 Å². The maximum Gasteiger partial charge on any atom is 0.316 e. The van der Waals surface area contributed by atoms with Gasteiger partial charge in [-0.05, 0) is 31.0 Å². The monoisotopic (exact) mass is 306 g/mol. The van der Waals surface area contributed by atoms with Crippen molar-refractivity contribution in [2.75, 3.05) is 11.9 Å². The van der Waals surface area contributed by atoms with Gasteiger partial charge in [0.1, 0.15) is 18.2 Å². The van der Waals surface area contributed by atoms with Crippen molar-refractivity contribution in [2.45, 2.75) is 13.8 Å². The molecule has 0 bridgehead atoms. The second kappa shape index (κ2) is 6.84. The highest BCUT2D eigenvalue weighted by Crippen LogP contribution is 2.18. The van der Waals surface area contributed by atoms with Crippen LogP contribution in [0.25, 0.3) is 0 Å². The highest BCUT2D eigenvalue weighted by molar-refractivity contribution is 5.49. The third-order valence-electron chi connectivity index (χ3n) is 2.79. The van der Waals surface area contributed by atoms with Crippen LogP contribution in [0.4, 0.5) is 14.5 Å². The number of benzene rings is 1. The van der Waals surface area contributed by atoms with Crippen LogP contribution >= 0.6 is 0 Å². The van der Waals surface area contributed by atoms with Gasteiger partial charge in [-0.25, -0.2) is 18.7 Å². The van der Waals surface area contributed by atoms with E-state index in [-0.39, 0.29) is 18.3 Å².